The number of ether oxygens (including phenoxy) is 1. The monoisotopic (exact) mass is 695 g/mol. The molecular weight excluding hydrogens is 643 g/mol. The van der Waals surface area contributed by atoms with Crippen LogP contribution in [0.15, 0.2) is 63.3 Å². The van der Waals surface area contributed by atoms with Crippen molar-refractivity contribution in [2.45, 2.75) is 98.7 Å². The number of benzene rings is 2. The number of nitrogens with zero attached hydrogens (tertiary/aromatic N) is 5. The van der Waals surface area contributed by atoms with Gasteiger partial charge in [-0.05, 0) is 121 Å². The standard InChI is InChI=1S/C37H53N5O4S2/c1-27(2)39-21-23-41(24-22-39)29-13-17-40(18-14-29)28-15-19-42(20-16-28)36-33-25-31(47(6)43)9-12-34(33)38-26-35(36)48(44,45)32-10-7-30(8-11-32)46-37(3,4)5/h7-12,25-29H,13-24H2,1-6H3. The van der Waals surface area contributed by atoms with Gasteiger partial charge in [-0.1, -0.05) is 0 Å². The van der Waals surface area contributed by atoms with Crippen LogP contribution in [0.1, 0.15) is 60.3 Å². The van der Waals surface area contributed by atoms with Gasteiger partial charge in [-0.2, -0.15) is 0 Å². The van der Waals surface area contributed by atoms with E-state index >= 15 is 0 Å². The van der Waals surface area contributed by atoms with Crippen LogP contribution in [0.3, 0.4) is 0 Å². The average molecular weight is 696 g/mol. The SMILES string of the molecule is CC(C)N1CCN(C2CCN(C3CCN(c4c(S(=O)(=O)c5ccc(OC(C)(C)C)cc5)cnc5ccc([S+](C)[O-])cc45)CC3)CC2)CC1. The number of rotatable bonds is 8. The fourth-order valence-corrected chi connectivity index (χ4v) is 9.68. The zero-order valence-corrected chi connectivity index (χ0v) is 31.2. The molecular formula is C37H53N5O4S2. The third-order valence-corrected chi connectivity index (χ3v) is 13.0. The Morgan fingerprint density at radius 1 is 0.854 bits per heavy atom. The molecule has 0 amide bonds. The Morgan fingerprint density at radius 3 is 2.00 bits per heavy atom. The van der Waals surface area contributed by atoms with Gasteiger partial charge in [0.2, 0.25) is 9.84 Å². The van der Waals surface area contributed by atoms with Gasteiger partial charge in [0.15, 0.2) is 4.90 Å². The van der Waals surface area contributed by atoms with Gasteiger partial charge in [0.1, 0.15) is 22.5 Å². The average Bonchev–Trinajstić information content (AvgIpc) is 3.07. The normalized spacial score (nSPS) is 20.9. The first-order valence-electron chi connectivity index (χ1n) is 17.6. The van der Waals surface area contributed by atoms with Crippen LogP contribution in [-0.2, 0) is 21.0 Å². The predicted molar refractivity (Wildman–Crippen MR) is 194 cm³/mol. The van der Waals surface area contributed by atoms with E-state index in [-0.39, 0.29) is 9.79 Å². The molecule has 3 fully saturated rings. The van der Waals surface area contributed by atoms with E-state index in [0.29, 0.717) is 40.0 Å². The quantitative estimate of drug-likeness (QED) is 0.286. The molecule has 0 radical (unpaired) electrons. The molecule has 0 spiro atoms. The molecule has 3 aliphatic heterocycles. The lowest BCUT2D eigenvalue weighted by Gasteiger charge is -2.46. The molecule has 0 bridgehead atoms. The number of hydrogen-bond acceptors (Lipinski definition) is 9. The van der Waals surface area contributed by atoms with Gasteiger partial charge in [-0.25, -0.2) is 8.42 Å². The Balaban J connectivity index is 1.20. The molecule has 0 aliphatic carbocycles. The topological polar surface area (TPSA) is 92.3 Å². The summed E-state index contributed by atoms with van der Waals surface area (Å²) in [6, 6.07) is 14.0. The smallest absolute Gasteiger partial charge is 0.210 e. The summed E-state index contributed by atoms with van der Waals surface area (Å²) in [6.07, 6.45) is 7.54. The van der Waals surface area contributed by atoms with E-state index in [1.54, 1.807) is 30.5 Å². The van der Waals surface area contributed by atoms with Crippen LogP contribution in [0.5, 0.6) is 5.75 Å². The number of fused-ring (bicyclic) bond motifs is 1. The van der Waals surface area contributed by atoms with Crippen molar-refractivity contribution in [2.75, 3.05) is 63.5 Å². The van der Waals surface area contributed by atoms with E-state index in [2.05, 4.69) is 38.4 Å². The summed E-state index contributed by atoms with van der Waals surface area (Å²) < 4.78 is 47.1. The zero-order chi connectivity index (χ0) is 34.2. The molecule has 0 saturated carbocycles. The number of piperazine rings is 1. The maximum absolute atomic E-state index is 14.3. The van der Waals surface area contributed by atoms with Gasteiger partial charge >= 0.3 is 0 Å². The molecule has 0 N–H and O–H groups in total. The molecule has 9 nitrogen and oxygen atoms in total. The minimum absolute atomic E-state index is 0.190. The van der Waals surface area contributed by atoms with E-state index < -0.39 is 26.6 Å². The number of piperidine rings is 2. The highest BCUT2D eigenvalue weighted by Crippen LogP contribution is 2.39. The molecule has 1 aromatic heterocycles. The highest BCUT2D eigenvalue weighted by molar-refractivity contribution is 7.91. The summed E-state index contributed by atoms with van der Waals surface area (Å²) in [4.78, 5) is 15.9. The Bertz CT molecular complexity index is 1650. The highest BCUT2D eigenvalue weighted by atomic mass is 32.2. The number of aromatic nitrogens is 1. The maximum Gasteiger partial charge on any atom is 0.210 e. The molecule has 3 aromatic rings. The van der Waals surface area contributed by atoms with E-state index in [9.17, 15) is 13.0 Å². The van der Waals surface area contributed by atoms with Gasteiger partial charge in [0.05, 0.1) is 16.1 Å². The van der Waals surface area contributed by atoms with Crippen molar-refractivity contribution in [2.24, 2.45) is 0 Å². The molecule has 3 aliphatic rings. The Labute approximate surface area is 290 Å². The zero-order valence-electron chi connectivity index (χ0n) is 29.5. The van der Waals surface area contributed by atoms with Crippen LogP contribution < -0.4 is 9.64 Å². The third kappa shape index (κ3) is 7.81. The summed E-state index contributed by atoms with van der Waals surface area (Å²) in [7, 11) is -3.92. The Kier molecular flexibility index (Phi) is 10.7. The predicted octanol–water partition coefficient (Wildman–Crippen LogP) is 5.44. The van der Waals surface area contributed by atoms with Crippen LogP contribution >= 0.6 is 0 Å². The third-order valence-electron chi connectivity index (χ3n) is 10.3. The number of hydrogen-bond donors (Lipinski definition) is 0. The summed E-state index contributed by atoms with van der Waals surface area (Å²) in [5.74, 6) is 0.619. The molecule has 11 heteroatoms. The second-order valence-corrected chi connectivity index (χ2v) is 18.2. The lowest BCUT2D eigenvalue weighted by molar-refractivity contribution is 0.0359. The van der Waals surface area contributed by atoms with Crippen molar-refractivity contribution in [3.05, 3.63) is 48.7 Å². The Hall–Kier alpha value is -2.41. The largest absolute Gasteiger partial charge is 0.612 e. The van der Waals surface area contributed by atoms with E-state index in [1.165, 1.54) is 45.2 Å². The van der Waals surface area contributed by atoms with Gasteiger partial charge in [0.25, 0.3) is 0 Å². The molecule has 2 aromatic carbocycles. The van der Waals surface area contributed by atoms with Crippen LogP contribution in [-0.4, -0.2) is 115 Å². The van der Waals surface area contributed by atoms with Crippen molar-refractivity contribution in [1.29, 1.82) is 0 Å². The molecule has 1 unspecified atom stereocenters. The number of sulfone groups is 1. The van der Waals surface area contributed by atoms with Crippen LogP contribution in [0.25, 0.3) is 10.9 Å². The second-order valence-electron chi connectivity index (χ2n) is 14.9. The molecule has 4 heterocycles. The van der Waals surface area contributed by atoms with Crippen molar-refractivity contribution < 1.29 is 17.7 Å². The van der Waals surface area contributed by atoms with Gasteiger partial charge in [-0.3, -0.25) is 14.8 Å². The molecule has 1 atom stereocenters. The van der Waals surface area contributed by atoms with Gasteiger partial charge in [0, 0.05) is 75.0 Å². The van der Waals surface area contributed by atoms with Gasteiger partial charge in [-0.15, -0.1) is 0 Å². The minimum atomic E-state index is -3.92. The van der Waals surface area contributed by atoms with Crippen molar-refractivity contribution in [3.63, 3.8) is 0 Å². The fourth-order valence-electron chi connectivity index (χ4n) is 7.70. The van der Waals surface area contributed by atoms with Crippen LogP contribution in [0.4, 0.5) is 5.69 Å². The fraction of sp³-hybridized carbons (Fsp3) is 0.595. The summed E-state index contributed by atoms with van der Waals surface area (Å²) >= 11 is -1.21. The first kappa shape index (κ1) is 35.4. The summed E-state index contributed by atoms with van der Waals surface area (Å²) in [5, 5.41) is 0.730. The van der Waals surface area contributed by atoms with E-state index in [0.717, 1.165) is 44.4 Å². The number of likely N-dealkylation sites (tertiary alicyclic amines) is 1. The van der Waals surface area contributed by atoms with E-state index in [1.807, 2.05) is 39.0 Å². The number of anilines is 1. The van der Waals surface area contributed by atoms with Crippen molar-refractivity contribution in [3.8, 4) is 5.75 Å². The summed E-state index contributed by atoms with van der Waals surface area (Å²) in [6.45, 7) is 18.9. The second kappa shape index (κ2) is 14.4. The lowest BCUT2D eigenvalue weighted by Crippen LogP contribution is -2.56. The van der Waals surface area contributed by atoms with Crippen molar-refractivity contribution >= 4 is 37.6 Å². The lowest BCUT2D eigenvalue weighted by atomic mass is 9.96. The van der Waals surface area contributed by atoms with Crippen LogP contribution in [0.2, 0.25) is 0 Å². The first-order valence-corrected chi connectivity index (χ1v) is 20.6. The number of pyridine rings is 1. The first-order chi connectivity index (χ1) is 22.8. The van der Waals surface area contributed by atoms with Crippen molar-refractivity contribution in [1.82, 2.24) is 19.7 Å². The highest BCUT2D eigenvalue weighted by Gasteiger charge is 2.34. The Morgan fingerprint density at radius 2 is 1.44 bits per heavy atom. The molecule has 3 saturated heterocycles. The minimum Gasteiger partial charge on any atom is -0.612 e. The van der Waals surface area contributed by atoms with E-state index in [4.69, 9.17) is 4.74 Å². The van der Waals surface area contributed by atoms with Gasteiger partial charge < -0.3 is 19.1 Å². The molecule has 48 heavy (non-hydrogen) atoms. The maximum atomic E-state index is 14.3. The molecule has 6 rings (SSSR count). The summed E-state index contributed by atoms with van der Waals surface area (Å²) in [5.41, 5.74) is 0.975. The molecule has 262 valence electrons. The van der Waals surface area contributed by atoms with Crippen LogP contribution in [0, 0.1) is 0 Å².